The molecule has 0 aliphatic carbocycles. The Morgan fingerprint density at radius 3 is 1.30 bits per heavy atom. The van der Waals surface area contributed by atoms with Gasteiger partial charge in [0.1, 0.15) is 0 Å². The number of nitrogens with zero attached hydrogens (tertiary/aromatic N) is 2. The lowest BCUT2D eigenvalue weighted by atomic mass is 10.2. The molecular weight excluding hydrogens is 246 g/mol. The van der Waals surface area contributed by atoms with Crippen molar-refractivity contribution < 1.29 is 0 Å². The summed E-state index contributed by atoms with van der Waals surface area (Å²) in [6, 6.07) is 0. The predicted molar refractivity (Wildman–Crippen MR) is 93.6 cm³/mol. The van der Waals surface area contributed by atoms with E-state index in [1.54, 1.807) is 0 Å². The molecule has 0 saturated carbocycles. The molecule has 0 aromatic rings. The molecule has 1 N–H and O–H groups in total. The van der Waals surface area contributed by atoms with Crippen LogP contribution >= 0.6 is 0 Å². The predicted octanol–water partition coefficient (Wildman–Crippen LogP) is 3.46. The second kappa shape index (κ2) is 18.9. The Bertz CT molecular complexity index is 141. The first-order valence-corrected chi connectivity index (χ1v) is 8.63. The van der Waals surface area contributed by atoms with Crippen LogP contribution in [-0.2, 0) is 0 Å². The Morgan fingerprint density at radius 2 is 1.10 bits per heavy atom. The monoisotopic (exact) mass is 287 g/mol. The van der Waals surface area contributed by atoms with Crippen molar-refractivity contribution in [2.75, 3.05) is 53.9 Å². The summed E-state index contributed by atoms with van der Waals surface area (Å²) in [6.45, 7) is 13.0. The Labute approximate surface area is 129 Å². The van der Waals surface area contributed by atoms with Crippen molar-refractivity contribution in [1.29, 1.82) is 0 Å². The van der Waals surface area contributed by atoms with Crippen molar-refractivity contribution in [2.45, 2.75) is 59.3 Å². The highest BCUT2D eigenvalue weighted by Crippen LogP contribution is 2.01. The second-order valence-corrected chi connectivity index (χ2v) is 5.81. The number of hydrogen-bond acceptors (Lipinski definition) is 3. The fourth-order valence-electron chi connectivity index (χ4n) is 1.82. The van der Waals surface area contributed by atoms with Crippen LogP contribution in [0.5, 0.6) is 0 Å². The zero-order valence-electron chi connectivity index (χ0n) is 15.2. The van der Waals surface area contributed by atoms with Gasteiger partial charge < -0.3 is 15.1 Å². The molecule has 20 heavy (non-hydrogen) atoms. The average molecular weight is 288 g/mol. The third kappa shape index (κ3) is 20.2. The molecule has 124 valence electrons. The molecular formula is C17H41N3. The molecule has 0 bridgehead atoms. The Morgan fingerprint density at radius 1 is 0.700 bits per heavy atom. The Hall–Kier alpha value is -0.120. The van der Waals surface area contributed by atoms with Crippen molar-refractivity contribution in [1.82, 2.24) is 15.1 Å². The van der Waals surface area contributed by atoms with Crippen LogP contribution in [0.4, 0.5) is 0 Å². The minimum atomic E-state index is 1.08. The lowest BCUT2D eigenvalue weighted by molar-refractivity contribution is 0.261. The van der Waals surface area contributed by atoms with Gasteiger partial charge in [-0.2, -0.15) is 0 Å². The van der Waals surface area contributed by atoms with E-state index in [1.807, 2.05) is 7.05 Å². The lowest BCUT2D eigenvalue weighted by Gasteiger charge is -2.21. The molecule has 3 heteroatoms. The summed E-state index contributed by atoms with van der Waals surface area (Å²) in [4.78, 5) is 4.78. The highest BCUT2D eigenvalue weighted by Gasteiger charge is 2.01. The van der Waals surface area contributed by atoms with Crippen molar-refractivity contribution in [3.8, 4) is 0 Å². The highest BCUT2D eigenvalue weighted by atomic mass is 15.1. The smallest absolute Gasteiger partial charge is 0.0101 e. The largest absolute Gasteiger partial charge is 0.318 e. The fourth-order valence-corrected chi connectivity index (χ4v) is 1.82. The Kier molecular flexibility index (Phi) is 20.9. The van der Waals surface area contributed by atoms with Gasteiger partial charge in [0.25, 0.3) is 0 Å². The summed E-state index contributed by atoms with van der Waals surface area (Å²) in [7, 11) is 6.10. The summed E-state index contributed by atoms with van der Waals surface area (Å²) >= 11 is 0. The molecule has 0 aromatic carbocycles. The molecule has 0 atom stereocenters. The van der Waals surface area contributed by atoms with Crippen molar-refractivity contribution >= 4 is 0 Å². The molecule has 0 aliphatic heterocycles. The number of likely N-dealkylation sites (N-methyl/N-ethyl adjacent to an activating group) is 2. The first kappa shape index (κ1) is 22.2. The molecule has 0 saturated heterocycles. The zero-order chi connectivity index (χ0) is 15.6. The summed E-state index contributed by atoms with van der Waals surface area (Å²) in [5, 5.41) is 3.06. The van der Waals surface area contributed by atoms with Crippen LogP contribution in [0, 0.1) is 0 Å². The third-order valence-corrected chi connectivity index (χ3v) is 3.29. The van der Waals surface area contributed by atoms with Gasteiger partial charge in [0.15, 0.2) is 0 Å². The van der Waals surface area contributed by atoms with Crippen LogP contribution < -0.4 is 5.32 Å². The van der Waals surface area contributed by atoms with Gasteiger partial charge in [0.2, 0.25) is 0 Å². The quantitative estimate of drug-likeness (QED) is 0.593. The number of nitrogens with one attached hydrogen (secondary N) is 1. The minimum absolute atomic E-state index is 1.08. The number of rotatable bonds is 12. The molecule has 0 heterocycles. The maximum absolute atomic E-state index is 3.06. The van der Waals surface area contributed by atoms with Crippen LogP contribution in [0.3, 0.4) is 0 Å². The van der Waals surface area contributed by atoms with Crippen LogP contribution in [0.15, 0.2) is 0 Å². The molecule has 0 aliphatic rings. The zero-order valence-corrected chi connectivity index (χ0v) is 15.2. The van der Waals surface area contributed by atoms with Gasteiger partial charge in [0, 0.05) is 13.1 Å². The molecule has 0 rings (SSSR count). The van der Waals surface area contributed by atoms with Gasteiger partial charge >= 0.3 is 0 Å². The molecule has 3 nitrogen and oxygen atoms in total. The van der Waals surface area contributed by atoms with Crippen molar-refractivity contribution in [3.63, 3.8) is 0 Å². The van der Waals surface area contributed by atoms with Crippen LogP contribution in [-0.4, -0.2) is 63.7 Å². The van der Waals surface area contributed by atoms with Gasteiger partial charge in [-0.3, -0.25) is 0 Å². The Balaban J connectivity index is 0. The summed E-state index contributed by atoms with van der Waals surface area (Å²) in [6.07, 6.45) is 8.09. The molecule has 0 fully saturated rings. The second-order valence-electron chi connectivity index (χ2n) is 5.81. The third-order valence-electron chi connectivity index (χ3n) is 3.29. The fraction of sp³-hybridized carbons (Fsp3) is 1.00. The summed E-state index contributed by atoms with van der Waals surface area (Å²) < 4.78 is 0. The van der Waals surface area contributed by atoms with E-state index in [0.717, 1.165) is 13.1 Å². The lowest BCUT2D eigenvalue weighted by Crippen LogP contribution is -2.27. The number of hydrogen-bond donors (Lipinski definition) is 1. The molecule has 0 spiro atoms. The molecule has 0 aromatic heterocycles. The van der Waals surface area contributed by atoms with E-state index in [-0.39, 0.29) is 0 Å². The van der Waals surface area contributed by atoms with Crippen LogP contribution in [0.25, 0.3) is 0 Å². The molecule has 0 amide bonds. The summed E-state index contributed by atoms with van der Waals surface area (Å²) in [5.41, 5.74) is 0. The topological polar surface area (TPSA) is 18.5 Å². The maximum atomic E-state index is 3.06. The van der Waals surface area contributed by atoms with E-state index in [1.165, 1.54) is 58.2 Å². The van der Waals surface area contributed by atoms with Gasteiger partial charge in [-0.05, 0) is 60.0 Å². The number of unbranched alkanes of at least 4 members (excludes halogenated alkanes) is 3. The van der Waals surface area contributed by atoms with E-state index in [4.69, 9.17) is 0 Å². The maximum Gasteiger partial charge on any atom is 0.0101 e. The van der Waals surface area contributed by atoms with Crippen LogP contribution in [0.2, 0.25) is 0 Å². The highest BCUT2D eigenvalue weighted by molar-refractivity contribution is 4.57. The first-order chi connectivity index (χ1) is 9.62. The van der Waals surface area contributed by atoms with Gasteiger partial charge in [-0.15, -0.1) is 0 Å². The SMILES string of the molecule is CCCCN(CCCC)CCCC.CNCCN(C)C. The molecule has 0 radical (unpaired) electrons. The van der Waals surface area contributed by atoms with E-state index in [2.05, 4.69) is 50.0 Å². The normalized spacial score (nSPS) is 10.8. The minimum Gasteiger partial charge on any atom is -0.318 e. The average Bonchev–Trinajstić information content (AvgIpc) is 2.45. The van der Waals surface area contributed by atoms with E-state index < -0.39 is 0 Å². The summed E-state index contributed by atoms with van der Waals surface area (Å²) in [5.74, 6) is 0. The van der Waals surface area contributed by atoms with Crippen molar-refractivity contribution in [2.24, 2.45) is 0 Å². The van der Waals surface area contributed by atoms with Gasteiger partial charge in [-0.25, -0.2) is 0 Å². The molecule has 0 unspecified atom stereocenters. The van der Waals surface area contributed by atoms with E-state index in [9.17, 15) is 0 Å². The van der Waals surface area contributed by atoms with Gasteiger partial charge in [-0.1, -0.05) is 40.0 Å². The van der Waals surface area contributed by atoms with Gasteiger partial charge in [0.05, 0.1) is 0 Å². The first-order valence-electron chi connectivity index (χ1n) is 8.63. The standard InChI is InChI=1S/C12H27N.C5H14N2/c1-4-7-10-13(11-8-5-2)12-9-6-3;1-6-4-5-7(2)3/h4-12H2,1-3H3;6H,4-5H2,1-3H3. The van der Waals surface area contributed by atoms with Crippen molar-refractivity contribution in [3.05, 3.63) is 0 Å². The van der Waals surface area contributed by atoms with E-state index in [0.29, 0.717) is 0 Å². The van der Waals surface area contributed by atoms with E-state index >= 15 is 0 Å². The van der Waals surface area contributed by atoms with Crippen LogP contribution in [0.1, 0.15) is 59.3 Å².